The molecular weight excluding hydrogens is 332 g/mol. The lowest BCUT2D eigenvalue weighted by Crippen LogP contribution is -2.25. The molecule has 0 heterocycles. The number of rotatable bonds is 4. The van der Waals surface area contributed by atoms with Gasteiger partial charge >= 0.3 is 0 Å². The van der Waals surface area contributed by atoms with Crippen LogP contribution in [0.2, 0.25) is 0 Å². The molecule has 0 aliphatic carbocycles. The maximum Gasteiger partial charge on any atom is 0.218 e. The molecule has 0 fully saturated rings. The van der Waals surface area contributed by atoms with Crippen LogP contribution in [0.15, 0.2) is 60.7 Å². The maximum absolute atomic E-state index is 11.1. The minimum Gasteiger partial charge on any atom is -0.370 e. The van der Waals surface area contributed by atoms with Crippen LogP contribution in [0.3, 0.4) is 0 Å². The molecule has 2 rings (SSSR count). The minimum absolute atomic E-state index is 0.0520. The second-order valence-corrected chi connectivity index (χ2v) is 9.25. The van der Waals surface area contributed by atoms with E-state index >= 15 is 0 Å². The summed E-state index contributed by atoms with van der Waals surface area (Å²) in [5, 5.41) is 0. The van der Waals surface area contributed by atoms with E-state index in [1.807, 2.05) is 36.4 Å². The van der Waals surface area contributed by atoms with E-state index in [0.717, 1.165) is 0 Å². The summed E-state index contributed by atoms with van der Waals surface area (Å²) in [5.41, 5.74) is 13.9. The first kappa shape index (κ1) is 22.9. The van der Waals surface area contributed by atoms with Crippen molar-refractivity contribution in [2.45, 2.75) is 59.9 Å². The van der Waals surface area contributed by atoms with Crippen molar-refractivity contribution in [1.82, 2.24) is 0 Å². The van der Waals surface area contributed by atoms with Crippen molar-refractivity contribution in [2.75, 3.05) is 0 Å². The third kappa shape index (κ3) is 7.96. The fourth-order valence-corrected chi connectivity index (χ4v) is 2.97. The van der Waals surface area contributed by atoms with Gasteiger partial charge in [0, 0.05) is 12.5 Å². The van der Waals surface area contributed by atoms with E-state index in [2.05, 4.69) is 65.8 Å². The second-order valence-electron chi connectivity index (χ2n) is 9.25. The van der Waals surface area contributed by atoms with Crippen molar-refractivity contribution in [1.29, 1.82) is 0 Å². The van der Waals surface area contributed by atoms with Crippen molar-refractivity contribution in [3.8, 4) is 0 Å². The van der Waals surface area contributed by atoms with Crippen molar-refractivity contribution < 1.29 is 4.79 Å². The Labute approximate surface area is 165 Å². The zero-order chi connectivity index (χ0) is 20.7. The number of primary amides is 1. The van der Waals surface area contributed by atoms with Crippen LogP contribution in [0.25, 0.3) is 0 Å². The average Bonchev–Trinajstić information content (AvgIpc) is 2.59. The number of amides is 1. The van der Waals surface area contributed by atoms with Crippen LogP contribution in [0, 0.1) is 10.8 Å². The van der Waals surface area contributed by atoms with Crippen molar-refractivity contribution >= 4 is 5.91 Å². The SMILES string of the molecule is CC(C)(C)C(N)c1ccccc1.CC(C)(C)[C@@H](CC(N)=O)c1ccccc1. The highest BCUT2D eigenvalue weighted by Gasteiger charge is 2.27. The largest absolute Gasteiger partial charge is 0.370 e. The molecule has 0 aliphatic rings. The van der Waals surface area contributed by atoms with E-state index in [-0.39, 0.29) is 28.7 Å². The Morgan fingerprint density at radius 2 is 1.19 bits per heavy atom. The number of hydrogen-bond acceptors (Lipinski definition) is 2. The van der Waals surface area contributed by atoms with Gasteiger partial charge in [-0.3, -0.25) is 4.79 Å². The highest BCUT2D eigenvalue weighted by atomic mass is 16.1. The molecule has 0 radical (unpaired) electrons. The van der Waals surface area contributed by atoms with Gasteiger partial charge in [0.25, 0.3) is 0 Å². The standard InChI is InChI=1S/C13H19NO.C11H17N/c1-13(2,3)11(9-12(14)15)10-7-5-4-6-8-10;1-11(2,3)10(12)9-7-5-4-6-8-9/h4-8,11H,9H2,1-3H3,(H2,14,15);4-8,10H,12H2,1-3H3/t11-;/m0./s1. The zero-order valence-electron chi connectivity index (χ0n) is 17.7. The van der Waals surface area contributed by atoms with E-state index in [1.165, 1.54) is 11.1 Å². The van der Waals surface area contributed by atoms with Gasteiger partial charge in [-0.1, -0.05) is 102 Å². The number of hydrogen-bond donors (Lipinski definition) is 2. The minimum atomic E-state index is -0.237. The molecule has 2 aromatic carbocycles. The third-order valence-corrected chi connectivity index (χ3v) is 4.74. The quantitative estimate of drug-likeness (QED) is 0.756. The Hall–Kier alpha value is -2.13. The van der Waals surface area contributed by atoms with Crippen LogP contribution in [0.4, 0.5) is 0 Å². The molecule has 148 valence electrons. The normalized spacial score (nSPS) is 13.9. The average molecular weight is 369 g/mol. The molecule has 4 N–H and O–H groups in total. The molecule has 0 saturated carbocycles. The Morgan fingerprint density at radius 3 is 1.52 bits per heavy atom. The van der Waals surface area contributed by atoms with E-state index in [9.17, 15) is 4.79 Å². The van der Waals surface area contributed by atoms with Crippen LogP contribution < -0.4 is 11.5 Å². The molecule has 2 atom stereocenters. The van der Waals surface area contributed by atoms with E-state index in [0.29, 0.717) is 6.42 Å². The van der Waals surface area contributed by atoms with Crippen molar-refractivity contribution in [3.63, 3.8) is 0 Å². The van der Waals surface area contributed by atoms with Gasteiger partial charge < -0.3 is 11.5 Å². The summed E-state index contributed by atoms with van der Waals surface area (Å²) in [6.07, 6.45) is 0.410. The Kier molecular flexibility index (Phi) is 8.23. The van der Waals surface area contributed by atoms with Gasteiger partial charge in [0.1, 0.15) is 0 Å². The summed E-state index contributed by atoms with van der Waals surface area (Å²) >= 11 is 0. The lowest BCUT2D eigenvalue weighted by atomic mass is 9.74. The highest BCUT2D eigenvalue weighted by molar-refractivity contribution is 5.74. The molecule has 0 aliphatic heterocycles. The van der Waals surface area contributed by atoms with Crippen LogP contribution in [0.5, 0.6) is 0 Å². The predicted molar refractivity (Wildman–Crippen MR) is 115 cm³/mol. The van der Waals surface area contributed by atoms with Gasteiger partial charge in [-0.25, -0.2) is 0 Å². The molecule has 3 heteroatoms. The van der Waals surface area contributed by atoms with Crippen LogP contribution in [-0.2, 0) is 4.79 Å². The lowest BCUT2D eigenvalue weighted by molar-refractivity contribution is -0.118. The van der Waals surface area contributed by atoms with Gasteiger partial charge in [-0.05, 0) is 27.9 Å². The van der Waals surface area contributed by atoms with Crippen molar-refractivity contribution in [2.24, 2.45) is 22.3 Å². The molecule has 1 unspecified atom stereocenters. The first-order valence-corrected chi connectivity index (χ1v) is 9.56. The maximum atomic E-state index is 11.1. The Bertz CT molecular complexity index is 682. The number of nitrogens with two attached hydrogens (primary N) is 2. The van der Waals surface area contributed by atoms with Gasteiger partial charge in [0.15, 0.2) is 0 Å². The van der Waals surface area contributed by atoms with Crippen LogP contribution >= 0.6 is 0 Å². The number of carbonyl (C=O) groups excluding carboxylic acids is 1. The molecular formula is C24H36N2O. The van der Waals surface area contributed by atoms with E-state index in [1.54, 1.807) is 0 Å². The zero-order valence-corrected chi connectivity index (χ0v) is 17.7. The first-order valence-electron chi connectivity index (χ1n) is 9.56. The summed E-state index contributed by atoms with van der Waals surface area (Å²) in [5.74, 6) is -0.0463. The summed E-state index contributed by atoms with van der Waals surface area (Å²) < 4.78 is 0. The summed E-state index contributed by atoms with van der Waals surface area (Å²) in [6.45, 7) is 12.9. The van der Waals surface area contributed by atoms with Crippen LogP contribution in [-0.4, -0.2) is 5.91 Å². The summed E-state index contributed by atoms with van der Waals surface area (Å²) in [4.78, 5) is 11.1. The van der Waals surface area contributed by atoms with Crippen LogP contribution in [0.1, 0.15) is 71.0 Å². The molecule has 0 aromatic heterocycles. The van der Waals surface area contributed by atoms with Gasteiger partial charge in [0.05, 0.1) is 0 Å². The summed E-state index contributed by atoms with van der Waals surface area (Å²) in [7, 11) is 0. The molecule has 27 heavy (non-hydrogen) atoms. The summed E-state index contributed by atoms with van der Waals surface area (Å²) in [6, 6.07) is 20.4. The third-order valence-electron chi connectivity index (χ3n) is 4.74. The highest BCUT2D eigenvalue weighted by Crippen LogP contribution is 2.37. The van der Waals surface area contributed by atoms with Gasteiger partial charge in [0.2, 0.25) is 5.91 Å². The van der Waals surface area contributed by atoms with E-state index in [4.69, 9.17) is 11.5 Å². The number of carbonyl (C=O) groups is 1. The van der Waals surface area contributed by atoms with Gasteiger partial charge in [-0.2, -0.15) is 0 Å². The predicted octanol–water partition coefficient (Wildman–Crippen LogP) is 5.42. The second kappa shape index (κ2) is 9.70. The fourth-order valence-electron chi connectivity index (χ4n) is 2.97. The molecule has 0 spiro atoms. The molecule has 0 saturated heterocycles. The molecule has 0 bridgehead atoms. The van der Waals surface area contributed by atoms with Gasteiger partial charge in [-0.15, -0.1) is 0 Å². The fraction of sp³-hybridized carbons (Fsp3) is 0.458. The number of benzene rings is 2. The lowest BCUT2D eigenvalue weighted by Gasteiger charge is -2.30. The molecule has 3 nitrogen and oxygen atoms in total. The molecule has 2 aromatic rings. The first-order chi connectivity index (χ1) is 12.4. The topological polar surface area (TPSA) is 69.1 Å². The Morgan fingerprint density at radius 1 is 0.778 bits per heavy atom. The van der Waals surface area contributed by atoms with Crippen molar-refractivity contribution in [3.05, 3.63) is 71.8 Å². The van der Waals surface area contributed by atoms with E-state index < -0.39 is 0 Å². The molecule has 1 amide bonds. The monoisotopic (exact) mass is 368 g/mol. The Balaban J connectivity index is 0.000000277. The smallest absolute Gasteiger partial charge is 0.218 e.